The fraction of sp³-hybridized carbons (Fsp3) is 0.194. The zero-order valence-electron chi connectivity index (χ0n) is 21.4. The third kappa shape index (κ3) is 4.83. The van der Waals surface area contributed by atoms with Crippen LogP contribution in [0.4, 0.5) is 11.4 Å². The van der Waals surface area contributed by atoms with Gasteiger partial charge in [-0.1, -0.05) is 66.7 Å². The van der Waals surface area contributed by atoms with Gasteiger partial charge in [0.05, 0.1) is 10.6 Å². The number of nitrogens with zero attached hydrogens (tertiary/aromatic N) is 3. The highest BCUT2D eigenvalue weighted by Gasteiger charge is 2.38. The van der Waals surface area contributed by atoms with E-state index < -0.39 is 16.1 Å². The summed E-state index contributed by atoms with van der Waals surface area (Å²) in [7, 11) is -3.91. The van der Waals surface area contributed by atoms with Gasteiger partial charge in [-0.25, -0.2) is 8.42 Å². The molecule has 0 saturated carbocycles. The summed E-state index contributed by atoms with van der Waals surface area (Å²) in [6, 6.07) is 32.6. The third-order valence-electron chi connectivity index (χ3n) is 7.30. The van der Waals surface area contributed by atoms with Crippen LogP contribution in [0, 0.1) is 0 Å². The number of ether oxygens (including phenoxy) is 1. The maximum absolute atomic E-state index is 13.9. The molecular formula is C31H29N3O4S. The number of benzene rings is 4. The van der Waals surface area contributed by atoms with E-state index in [1.165, 1.54) is 4.31 Å². The zero-order valence-corrected chi connectivity index (χ0v) is 22.2. The van der Waals surface area contributed by atoms with Crippen LogP contribution in [0.5, 0.6) is 5.75 Å². The SMILES string of the molecule is O=C(c1ccc2c(c1)OCC(c1ccccc1)N2S(=O)(=O)c1ccccc1)N1CCN(c2ccccc2)CC1. The lowest BCUT2D eigenvalue weighted by Gasteiger charge is -2.38. The normalized spacial score (nSPS) is 17.3. The second kappa shape index (κ2) is 10.5. The lowest BCUT2D eigenvalue weighted by molar-refractivity contribution is 0.0746. The van der Waals surface area contributed by atoms with Crippen LogP contribution in [-0.4, -0.2) is 52.0 Å². The van der Waals surface area contributed by atoms with Gasteiger partial charge in [-0.2, -0.15) is 0 Å². The molecule has 1 amide bonds. The second-order valence-electron chi connectivity index (χ2n) is 9.65. The van der Waals surface area contributed by atoms with Crippen molar-refractivity contribution in [3.8, 4) is 5.75 Å². The Bertz CT molecular complexity index is 1560. The summed E-state index contributed by atoms with van der Waals surface area (Å²) in [5, 5.41) is 0. The Hall–Kier alpha value is -4.30. The van der Waals surface area contributed by atoms with E-state index in [1.54, 1.807) is 48.5 Å². The van der Waals surface area contributed by atoms with Gasteiger partial charge in [-0.15, -0.1) is 0 Å². The largest absolute Gasteiger partial charge is 0.489 e. The number of hydrogen-bond acceptors (Lipinski definition) is 5. The average Bonchev–Trinajstić information content (AvgIpc) is 3.01. The number of rotatable bonds is 5. The Kier molecular flexibility index (Phi) is 6.70. The quantitative estimate of drug-likeness (QED) is 0.358. The van der Waals surface area contributed by atoms with E-state index in [4.69, 9.17) is 4.74 Å². The molecule has 0 radical (unpaired) electrons. The van der Waals surface area contributed by atoms with Crippen molar-refractivity contribution >= 4 is 27.3 Å². The van der Waals surface area contributed by atoms with E-state index in [0.29, 0.717) is 30.1 Å². The predicted molar refractivity (Wildman–Crippen MR) is 152 cm³/mol. The molecule has 6 rings (SSSR count). The van der Waals surface area contributed by atoms with E-state index in [1.807, 2.05) is 53.4 Å². The number of piperazine rings is 1. The maximum atomic E-state index is 13.9. The van der Waals surface area contributed by atoms with Crippen LogP contribution in [0.2, 0.25) is 0 Å². The van der Waals surface area contributed by atoms with Crippen molar-refractivity contribution in [2.45, 2.75) is 10.9 Å². The van der Waals surface area contributed by atoms with Crippen LogP contribution >= 0.6 is 0 Å². The van der Waals surface area contributed by atoms with E-state index in [-0.39, 0.29) is 17.4 Å². The molecule has 2 aliphatic heterocycles. The lowest BCUT2D eigenvalue weighted by atomic mass is 10.0. The van der Waals surface area contributed by atoms with E-state index in [2.05, 4.69) is 17.0 Å². The molecule has 2 heterocycles. The van der Waals surface area contributed by atoms with Crippen molar-refractivity contribution in [3.05, 3.63) is 120 Å². The van der Waals surface area contributed by atoms with Crippen LogP contribution in [0.1, 0.15) is 22.0 Å². The number of hydrogen-bond donors (Lipinski definition) is 0. The van der Waals surface area contributed by atoms with Crippen molar-refractivity contribution in [1.82, 2.24) is 4.90 Å². The molecule has 8 heteroatoms. The standard InChI is InChI=1S/C31H29N3O4S/c35-31(33-20-18-32(19-21-33)26-12-6-2-7-13-26)25-16-17-28-30(22-25)38-23-29(24-10-4-1-5-11-24)34(28)39(36,37)27-14-8-3-9-15-27/h1-17,22,29H,18-21,23H2. The van der Waals surface area contributed by atoms with E-state index in [9.17, 15) is 13.2 Å². The molecule has 0 bridgehead atoms. The van der Waals surface area contributed by atoms with Crippen LogP contribution in [0.15, 0.2) is 114 Å². The monoisotopic (exact) mass is 539 g/mol. The molecule has 1 unspecified atom stereocenters. The van der Waals surface area contributed by atoms with Gasteiger partial charge in [0.15, 0.2) is 0 Å². The van der Waals surface area contributed by atoms with Gasteiger partial charge in [-0.05, 0) is 48.0 Å². The van der Waals surface area contributed by atoms with Crippen molar-refractivity contribution in [2.24, 2.45) is 0 Å². The summed E-state index contributed by atoms with van der Waals surface area (Å²) < 4.78 is 35.4. The Morgan fingerprint density at radius 1 is 0.744 bits per heavy atom. The van der Waals surface area contributed by atoms with Crippen LogP contribution in [-0.2, 0) is 10.0 Å². The lowest BCUT2D eigenvalue weighted by Crippen LogP contribution is -2.48. The summed E-state index contributed by atoms with van der Waals surface area (Å²) in [4.78, 5) is 17.8. The topological polar surface area (TPSA) is 70.2 Å². The first-order chi connectivity index (χ1) is 19.0. The van der Waals surface area contributed by atoms with Crippen molar-refractivity contribution < 1.29 is 17.9 Å². The third-order valence-corrected chi connectivity index (χ3v) is 9.13. The Labute approximate surface area is 228 Å². The maximum Gasteiger partial charge on any atom is 0.265 e. The average molecular weight is 540 g/mol. The number of sulfonamides is 1. The van der Waals surface area contributed by atoms with Crippen LogP contribution in [0.25, 0.3) is 0 Å². The minimum Gasteiger partial charge on any atom is -0.489 e. The number of para-hydroxylation sites is 1. The Balaban J connectivity index is 1.29. The first kappa shape index (κ1) is 25.0. The van der Waals surface area contributed by atoms with Gasteiger partial charge in [0, 0.05) is 37.4 Å². The second-order valence-corrected chi connectivity index (χ2v) is 11.5. The minimum atomic E-state index is -3.91. The fourth-order valence-electron chi connectivity index (χ4n) is 5.25. The van der Waals surface area contributed by atoms with Gasteiger partial charge < -0.3 is 14.5 Å². The fourth-order valence-corrected chi connectivity index (χ4v) is 6.90. The number of anilines is 2. The van der Waals surface area contributed by atoms with Gasteiger partial charge in [0.1, 0.15) is 18.4 Å². The molecule has 1 saturated heterocycles. The molecule has 2 aliphatic rings. The summed E-state index contributed by atoms with van der Waals surface area (Å²) in [6.45, 7) is 2.85. The minimum absolute atomic E-state index is 0.0863. The Morgan fingerprint density at radius 2 is 1.36 bits per heavy atom. The molecule has 0 N–H and O–H groups in total. The predicted octanol–water partition coefficient (Wildman–Crippen LogP) is 4.98. The zero-order chi connectivity index (χ0) is 26.8. The van der Waals surface area contributed by atoms with Crippen molar-refractivity contribution in [2.75, 3.05) is 42.0 Å². The van der Waals surface area contributed by atoms with Gasteiger partial charge in [0.2, 0.25) is 0 Å². The van der Waals surface area contributed by atoms with Crippen molar-refractivity contribution in [1.29, 1.82) is 0 Å². The summed E-state index contributed by atoms with van der Waals surface area (Å²) in [6.07, 6.45) is 0. The molecule has 0 aromatic heterocycles. The van der Waals surface area contributed by atoms with Crippen molar-refractivity contribution in [3.63, 3.8) is 0 Å². The summed E-state index contributed by atoms with van der Waals surface area (Å²) >= 11 is 0. The van der Waals surface area contributed by atoms with E-state index in [0.717, 1.165) is 24.3 Å². The number of fused-ring (bicyclic) bond motifs is 1. The molecule has 4 aromatic carbocycles. The number of amides is 1. The molecule has 1 atom stereocenters. The van der Waals surface area contributed by atoms with Crippen LogP contribution < -0.4 is 13.9 Å². The molecule has 0 spiro atoms. The van der Waals surface area contributed by atoms with Crippen LogP contribution in [0.3, 0.4) is 0 Å². The summed E-state index contributed by atoms with van der Waals surface area (Å²) in [5.41, 5.74) is 2.89. The number of carbonyl (C=O) groups excluding carboxylic acids is 1. The molecule has 0 aliphatic carbocycles. The highest BCUT2D eigenvalue weighted by Crippen LogP contribution is 2.43. The highest BCUT2D eigenvalue weighted by molar-refractivity contribution is 7.92. The smallest absolute Gasteiger partial charge is 0.265 e. The highest BCUT2D eigenvalue weighted by atomic mass is 32.2. The Morgan fingerprint density at radius 3 is 2.03 bits per heavy atom. The van der Waals surface area contributed by atoms with E-state index >= 15 is 0 Å². The molecule has 4 aromatic rings. The molecule has 7 nitrogen and oxygen atoms in total. The molecule has 39 heavy (non-hydrogen) atoms. The van der Waals surface area contributed by atoms with Gasteiger partial charge >= 0.3 is 0 Å². The number of carbonyl (C=O) groups is 1. The first-order valence-corrected chi connectivity index (χ1v) is 14.5. The molecule has 198 valence electrons. The van der Waals surface area contributed by atoms with Gasteiger partial charge in [-0.3, -0.25) is 9.10 Å². The molecular weight excluding hydrogens is 510 g/mol. The summed E-state index contributed by atoms with van der Waals surface area (Å²) in [5.74, 6) is 0.298. The molecule has 1 fully saturated rings. The first-order valence-electron chi connectivity index (χ1n) is 13.0. The van der Waals surface area contributed by atoms with Gasteiger partial charge in [0.25, 0.3) is 15.9 Å².